The van der Waals surface area contributed by atoms with Crippen LogP contribution in [0.4, 0.5) is 0 Å². The van der Waals surface area contributed by atoms with Crippen LogP contribution in [0.2, 0.25) is 0 Å². The number of amides is 1. The van der Waals surface area contributed by atoms with Gasteiger partial charge >= 0.3 is 0 Å². The Kier molecular flexibility index (Phi) is 6.80. The molecular formula is C24H30N2O3. The van der Waals surface area contributed by atoms with E-state index in [2.05, 4.69) is 29.2 Å². The van der Waals surface area contributed by atoms with Gasteiger partial charge in [-0.1, -0.05) is 42.5 Å². The quantitative estimate of drug-likeness (QED) is 0.751. The molecule has 2 heterocycles. The summed E-state index contributed by atoms with van der Waals surface area (Å²) < 4.78 is 11.6. The van der Waals surface area contributed by atoms with Crippen molar-refractivity contribution in [3.05, 3.63) is 65.7 Å². The van der Waals surface area contributed by atoms with Gasteiger partial charge in [0.25, 0.3) is 5.91 Å². The minimum absolute atomic E-state index is 0.0644. The van der Waals surface area contributed by atoms with Crippen LogP contribution in [0.5, 0.6) is 5.75 Å². The van der Waals surface area contributed by atoms with Crippen molar-refractivity contribution in [1.29, 1.82) is 0 Å². The van der Waals surface area contributed by atoms with Crippen molar-refractivity contribution in [3.8, 4) is 5.75 Å². The van der Waals surface area contributed by atoms with Crippen LogP contribution in [0.15, 0.2) is 54.6 Å². The number of para-hydroxylation sites is 1. The van der Waals surface area contributed by atoms with Gasteiger partial charge in [-0.05, 0) is 37.0 Å². The molecule has 2 aromatic rings. The van der Waals surface area contributed by atoms with Gasteiger partial charge in [0.15, 0.2) is 0 Å². The summed E-state index contributed by atoms with van der Waals surface area (Å²) in [7, 11) is 0. The summed E-state index contributed by atoms with van der Waals surface area (Å²) >= 11 is 0. The van der Waals surface area contributed by atoms with Gasteiger partial charge in [0.05, 0.1) is 11.7 Å². The normalized spacial score (nSPS) is 20.4. The number of hydrogen-bond donors (Lipinski definition) is 0. The van der Waals surface area contributed by atoms with Crippen LogP contribution in [0, 0.1) is 0 Å². The molecule has 0 aliphatic carbocycles. The van der Waals surface area contributed by atoms with Crippen LogP contribution in [-0.2, 0) is 11.3 Å². The van der Waals surface area contributed by atoms with E-state index in [1.165, 1.54) is 5.56 Å². The number of nitrogens with zero attached hydrogens (tertiary/aromatic N) is 2. The number of carbonyl (C=O) groups excluding carboxylic acids is 1. The summed E-state index contributed by atoms with van der Waals surface area (Å²) in [5, 5.41) is 0. The first-order valence-electron chi connectivity index (χ1n) is 10.7. The molecular weight excluding hydrogens is 364 g/mol. The van der Waals surface area contributed by atoms with Gasteiger partial charge in [-0.15, -0.1) is 0 Å². The third kappa shape index (κ3) is 5.37. The average molecular weight is 395 g/mol. The van der Waals surface area contributed by atoms with E-state index in [0.29, 0.717) is 17.9 Å². The Morgan fingerprint density at radius 2 is 1.79 bits per heavy atom. The maximum Gasteiger partial charge on any atom is 0.257 e. The van der Waals surface area contributed by atoms with Gasteiger partial charge in [-0.3, -0.25) is 9.69 Å². The fraction of sp³-hybridized carbons (Fsp3) is 0.458. The van der Waals surface area contributed by atoms with Crippen molar-refractivity contribution >= 4 is 5.91 Å². The zero-order valence-corrected chi connectivity index (χ0v) is 17.0. The zero-order chi connectivity index (χ0) is 19.9. The summed E-state index contributed by atoms with van der Waals surface area (Å²) in [5.74, 6) is 0.730. The van der Waals surface area contributed by atoms with Gasteiger partial charge in [-0.2, -0.15) is 0 Å². The molecule has 0 saturated carbocycles. The number of ether oxygens (including phenoxy) is 2. The van der Waals surface area contributed by atoms with Crippen molar-refractivity contribution in [2.24, 2.45) is 0 Å². The molecule has 5 nitrogen and oxygen atoms in total. The maximum absolute atomic E-state index is 13.2. The third-order valence-corrected chi connectivity index (χ3v) is 5.69. The lowest BCUT2D eigenvalue weighted by molar-refractivity contribution is 0.0652. The van der Waals surface area contributed by atoms with Crippen LogP contribution < -0.4 is 4.74 Å². The van der Waals surface area contributed by atoms with Crippen molar-refractivity contribution in [1.82, 2.24) is 9.80 Å². The van der Waals surface area contributed by atoms with Crippen molar-refractivity contribution in [2.75, 3.05) is 39.4 Å². The molecule has 0 radical (unpaired) electrons. The SMILES string of the molecule is O=C(c1ccccc1OCC1CCCO1)N1CCCN(Cc2ccccc2)CC1. The molecule has 2 aliphatic rings. The first-order chi connectivity index (χ1) is 14.3. The van der Waals surface area contributed by atoms with E-state index in [-0.39, 0.29) is 12.0 Å². The van der Waals surface area contributed by atoms with Crippen molar-refractivity contribution < 1.29 is 14.3 Å². The number of carbonyl (C=O) groups is 1. The van der Waals surface area contributed by atoms with Crippen LogP contribution in [0.3, 0.4) is 0 Å². The Morgan fingerprint density at radius 3 is 2.62 bits per heavy atom. The molecule has 1 unspecified atom stereocenters. The smallest absolute Gasteiger partial charge is 0.257 e. The van der Waals surface area contributed by atoms with E-state index in [1.54, 1.807) is 0 Å². The number of rotatable bonds is 6. The molecule has 29 heavy (non-hydrogen) atoms. The monoisotopic (exact) mass is 394 g/mol. The minimum atomic E-state index is 0.0644. The van der Waals surface area contributed by atoms with Crippen LogP contribution in [0.25, 0.3) is 0 Å². The molecule has 5 heteroatoms. The molecule has 1 atom stereocenters. The molecule has 0 spiro atoms. The van der Waals surface area contributed by atoms with E-state index < -0.39 is 0 Å². The Bertz CT molecular complexity index is 790. The first kappa shape index (κ1) is 19.9. The summed E-state index contributed by atoms with van der Waals surface area (Å²) in [6.07, 6.45) is 3.24. The highest BCUT2D eigenvalue weighted by Gasteiger charge is 2.24. The third-order valence-electron chi connectivity index (χ3n) is 5.69. The first-order valence-corrected chi connectivity index (χ1v) is 10.7. The summed E-state index contributed by atoms with van der Waals surface area (Å²) in [5.41, 5.74) is 1.97. The second-order valence-corrected chi connectivity index (χ2v) is 7.85. The second kappa shape index (κ2) is 9.90. The molecule has 0 bridgehead atoms. The standard InChI is InChI=1S/C24H30N2O3/c27-24(22-11-4-5-12-23(22)29-19-21-10-6-17-28-21)26-14-7-13-25(15-16-26)18-20-8-2-1-3-9-20/h1-5,8-9,11-12,21H,6-7,10,13-19H2. The Morgan fingerprint density at radius 1 is 0.966 bits per heavy atom. The van der Waals surface area contributed by atoms with Gasteiger partial charge in [0.1, 0.15) is 12.4 Å². The van der Waals surface area contributed by atoms with Crippen LogP contribution in [0.1, 0.15) is 35.2 Å². The highest BCUT2D eigenvalue weighted by atomic mass is 16.5. The highest BCUT2D eigenvalue weighted by molar-refractivity contribution is 5.97. The highest BCUT2D eigenvalue weighted by Crippen LogP contribution is 2.23. The molecule has 2 fully saturated rings. The van der Waals surface area contributed by atoms with Crippen LogP contribution >= 0.6 is 0 Å². The van der Waals surface area contributed by atoms with Gasteiger partial charge < -0.3 is 14.4 Å². The van der Waals surface area contributed by atoms with Gasteiger partial charge in [0.2, 0.25) is 0 Å². The predicted molar refractivity (Wildman–Crippen MR) is 113 cm³/mol. The average Bonchev–Trinajstić information content (AvgIpc) is 3.18. The molecule has 4 rings (SSSR count). The summed E-state index contributed by atoms with van der Waals surface area (Å²) in [6, 6.07) is 18.1. The topological polar surface area (TPSA) is 42.0 Å². The fourth-order valence-corrected chi connectivity index (χ4v) is 4.07. The molecule has 1 amide bonds. The van der Waals surface area contributed by atoms with Gasteiger partial charge in [-0.25, -0.2) is 0 Å². The van der Waals surface area contributed by atoms with E-state index >= 15 is 0 Å². The molecule has 2 aliphatic heterocycles. The summed E-state index contributed by atoms with van der Waals surface area (Å²) in [4.78, 5) is 17.6. The van der Waals surface area contributed by atoms with Crippen molar-refractivity contribution in [2.45, 2.75) is 31.9 Å². The van der Waals surface area contributed by atoms with E-state index in [4.69, 9.17) is 9.47 Å². The van der Waals surface area contributed by atoms with Crippen LogP contribution in [-0.4, -0.2) is 61.2 Å². The number of benzene rings is 2. The Hall–Kier alpha value is -2.37. The molecule has 154 valence electrons. The van der Waals surface area contributed by atoms with Gasteiger partial charge in [0, 0.05) is 39.3 Å². The van der Waals surface area contributed by atoms with Crippen molar-refractivity contribution in [3.63, 3.8) is 0 Å². The Balaban J connectivity index is 1.36. The lowest BCUT2D eigenvalue weighted by atomic mass is 10.1. The Labute approximate surface area is 173 Å². The zero-order valence-electron chi connectivity index (χ0n) is 17.0. The lowest BCUT2D eigenvalue weighted by Gasteiger charge is -2.23. The maximum atomic E-state index is 13.2. The molecule has 2 saturated heterocycles. The van der Waals surface area contributed by atoms with E-state index in [9.17, 15) is 4.79 Å². The molecule has 0 aromatic heterocycles. The van der Waals surface area contributed by atoms with E-state index in [0.717, 1.165) is 58.6 Å². The summed E-state index contributed by atoms with van der Waals surface area (Å²) in [6.45, 7) is 5.67. The largest absolute Gasteiger partial charge is 0.490 e. The molecule has 2 aromatic carbocycles. The lowest BCUT2D eigenvalue weighted by Crippen LogP contribution is -2.35. The molecule has 0 N–H and O–H groups in total. The number of hydrogen-bond acceptors (Lipinski definition) is 4. The minimum Gasteiger partial charge on any atom is -0.490 e. The van der Waals surface area contributed by atoms with E-state index in [1.807, 2.05) is 35.2 Å². The predicted octanol–water partition coefficient (Wildman–Crippen LogP) is 3.59. The second-order valence-electron chi connectivity index (χ2n) is 7.85. The fourth-order valence-electron chi connectivity index (χ4n) is 4.07.